The van der Waals surface area contributed by atoms with Crippen molar-refractivity contribution in [3.05, 3.63) is 18.0 Å². The number of amides is 1. The SMILES string of the molecule is CCSC1CCC(NC(=O)c2cc(N)cn2C2CC2)C1. The topological polar surface area (TPSA) is 60.1 Å². The Bertz CT molecular complexity index is 495. The van der Waals surface area contributed by atoms with Gasteiger partial charge in [0.1, 0.15) is 5.69 Å². The van der Waals surface area contributed by atoms with Crippen molar-refractivity contribution in [2.45, 2.75) is 56.4 Å². The lowest BCUT2D eigenvalue weighted by atomic mass is 10.2. The van der Waals surface area contributed by atoms with Gasteiger partial charge in [0.2, 0.25) is 0 Å². The third-order valence-corrected chi connectivity index (χ3v) is 5.40. The highest BCUT2D eigenvalue weighted by Gasteiger charge is 2.30. The smallest absolute Gasteiger partial charge is 0.268 e. The van der Waals surface area contributed by atoms with E-state index in [-0.39, 0.29) is 5.91 Å². The molecule has 0 aliphatic heterocycles. The van der Waals surface area contributed by atoms with Crippen molar-refractivity contribution in [1.29, 1.82) is 0 Å². The summed E-state index contributed by atoms with van der Waals surface area (Å²) in [6.45, 7) is 2.20. The number of anilines is 1. The molecule has 3 rings (SSSR count). The summed E-state index contributed by atoms with van der Waals surface area (Å²) in [7, 11) is 0. The van der Waals surface area contributed by atoms with Crippen molar-refractivity contribution in [2.75, 3.05) is 11.5 Å². The molecule has 2 aliphatic carbocycles. The molecule has 3 N–H and O–H groups in total. The molecule has 2 fully saturated rings. The summed E-state index contributed by atoms with van der Waals surface area (Å²) in [6.07, 6.45) is 7.64. The van der Waals surface area contributed by atoms with Crippen LogP contribution in [0.1, 0.15) is 55.6 Å². The number of nitrogens with zero attached hydrogens (tertiary/aromatic N) is 1. The lowest BCUT2D eigenvalue weighted by Gasteiger charge is -2.14. The number of nitrogens with one attached hydrogen (secondary N) is 1. The monoisotopic (exact) mass is 293 g/mol. The summed E-state index contributed by atoms with van der Waals surface area (Å²) in [6, 6.07) is 2.62. The molecule has 2 unspecified atom stereocenters. The van der Waals surface area contributed by atoms with Gasteiger partial charge in [0.25, 0.3) is 5.91 Å². The van der Waals surface area contributed by atoms with Gasteiger partial charge in [-0.2, -0.15) is 11.8 Å². The first kappa shape index (κ1) is 13.9. The second kappa shape index (κ2) is 5.72. The standard InChI is InChI=1S/C15H23N3OS/c1-2-20-13-6-3-11(8-13)17-15(19)14-7-10(16)9-18(14)12-4-5-12/h7,9,11-13H,2-6,8,16H2,1H3,(H,17,19). The van der Waals surface area contributed by atoms with E-state index in [9.17, 15) is 4.79 Å². The molecule has 1 aromatic rings. The number of hydrogen-bond acceptors (Lipinski definition) is 3. The first-order chi connectivity index (χ1) is 9.67. The van der Waals surface area contributed by atoms with Gasteiger partial charge in [-0.15, -0.1) is 0 Å². The fourth-order valence-electron chi connectivity index (χ4n) is 3.06. The molecular formula is C15H23N3OS. The van der Waals surface area contributed by atoms with Gasteiger partial charge >= 0.3 is 0 Å². The summed E-state index contributed by atoms with van der Waals surface area (Å²) < 4.78 is 2.05. The summed E-state index contributed by atoms with van der Waals surface area (Å²) in [4.78, 5) is 12.4. The normalized spacial score (nSPS) is 25.9. The van der Waals surface area contributed by atoms with E-state index >= 15 is 0 Å². The fourth-order valence-corrected chi connectivity index (χ4v) is 4.20. The molecule has 4 nitrogen and oxygen atoms in total. The summed E-state index contributed by atoms with van der Waals surface area (Å²) in [5.74, 6) is 1.20. The molecule has 2 saturated carbocycles. The van der Waals surface area contributed by atoms with Crippen LogP contribution in [0, 0.1) is 0 Å². The second-order valence-corrected chi connectivity index (χ2v) is 7.44. The minimum atomic E-state index is 0.0424. The molecule has 110 valence electrons. The summed E-state index contributed by atoms with van der Waals surface area (Å²) >= 11 is 2.01. The zero-order valence-electron chi connectivity index (χ0n) is 12.0. The number of nitrogens with two attached hydrogens (primary N) is 1. The third-order valence-electron chi connectivity index (χ3n) is 4.16. The maximum Gasteiger partial charge on any atom is 0.268 e. The van der Waals surface area contributed by atoms with Gasteiger partial charge in [0.15, 0.2) is 0 Å². The quantitative estimate of drug-likeness (QED) is 0.877. The first-order valence-electron chi connectivity index (χ1n) is 7.57. The Morgan fingerprint density at radius 3 is 2.95 bits per heavy atom. The lowest BCUT2D eigenvalue weighted by Crippen LogP contribution is -2.34. The van der Waals surface area contributed by atoms with E-state index in [0.717, 1.165) is 37.1 Å². The molecule has 0 spiro atoms. The van der Waals surface area contributed by atoms with E-state index in [1.165, 1.54) is 6.42 Å². The number of thioether (sulfide) groups is 1. The van der Waals surface area contributed by atoms with Gasteiger partial charge in [-0.3, -0.25) is 4.79 Å². The molecule has 0 aromatic carbocycles. The van der Waals surface area contributed by atoms with Crippen molar-refractivity contribution in [3.63, 3.8) is 0 Å². The van der Waals surface area contributed by atoms with Gasteiger partial charge in [-0.05, 0) is 43.9 Å². The molecular weight excluding hydrogens is 270 g/mol. The molecule has 0 saturated heterocycles. The zero-order valence-corrected chi connectivity index (χ0v) is 12.8. The Kier molecular flexibility index (Phi) is 3.96. The van der Waals surface area contributed by atoms with Crippen molar-refractivity contribution in [2.24, 2.45) is 0 Å². The van der Waals surface area contributed by atoms with Gasteiger partial charge < -0.3 is 15.6 Å². The van der Waals surface area contributed by atoms with Crippen LogP contribution in [0.3, 0.4) is 0 Å². The molecule has 2 aliphatic rings. The number of aromatic nitrogens is 1. The number of carbonyl (C=O) groups is 1. The summed E-state index contributed by atoms with van der Waals surface area (Å²) in [5, 5.41) is 3.90. The van der Waals surface area contributed by atoms with Crippen LogP contribution in [-0.4, -0.2) is 27.5 Å². The van der Waals surface area contributed by atoms with E-state index in [4.69, 9.17) is 5.73 Å². The average Bonchev–Trinajstić information content (AvgIpc) is 3.05. The number of hydrogen-bond donors (Lipinski definition) is 2. The number of nitrogen functional groups attached to an aromatic ring is 1. The predicted octanol–water partition coefficient (Wildman–Crippen LogP) is 2.81. The van der Waals surface area contributed by atoms with Crippen molar-refractivity contribution in [3.8, 4) is 0 Å². The van der Waals surface area contributed by atoms with E-state index in [1.54, 1.807) is 6.07 Å². The van der Waals surface area contributed by atoms with E-state index < -0.39 is 0 Å². The highest BCUT2D eigenvalue weighted by atomic mass is 32.2. The van der Waals surface area contributed by atoms with Gasteiger partial charge in [-0.25, -0.2) is 0 Å². The Hall–Kier alpha value is -1.10. The third kappa shape index (κ3) is 2.97. The summed E-state index contributed by atoms with van der Waals surface area (Å²) in [5.41, 5.74) is 7.27. The van der Waals surface area contributed by atoms with Crippen molar-refractivity contribution < 1.29 is 4.79 Å². The molecule has 20 heavy (non-hydrogen) atoms. The Labute approximate surface area is 124 Å². The van der Waals surface area contributed by atoms with E-state index in [1.807, 2.05) is 18.0 Å². The van der Waals surface area contributed by atoms with Crippen LogP contribution in [0.2, 0.25) is 0 Å². The van der Waals surface area contributed by atoms with Crippen LogP contribution < -0.4 is 11.1 Å². The van der Waals surface area contributed by atoms with E-state index in [0.29, 0.717) is 23.0 Å². The van der Waals surface area contributed by atoms with Crippen LogP contribution in [0.25, 0.3) is 0 Å². The van der Waals surface area contributed by atoms with Crippen LogP contribution in [0.4, 0.5) is 5.69 Å². The first-order valence-corrected chi connectivity index (χ1v) is 8.62. The largest absolute Gasteiger partial charge is 0.397 e. The molecule has 0 bridgehead atoms. The number of carbonyl (C=O) groups excluding carboxylic acids is 1. The average molecular weight is 293 g/mol. The number of rotatable bonds is 5. The Balaban J connectivity index is 1.62. The van der Waals surface area contributed by atoms with Crippen LogP contribution in [0.5, 0.6) is 0 Å². The van der Waals surface area contributed by atoms with Crippen LogP contribution in [-0.2, 0) is 0 Å². The molecule has 1 aromatic heterocycles. The maximum absolute atomic E-state index is 12.4. The van der Waals surface area contributed by atoms with Crippen molar-refractivity contribution >= 4 is 23.4 Å². The molecule has 1 amide bonds. The van der Waals surface area contributed by atoms with Crippen LogP contribution >= 0.6 is 11.8 Å². The van der Waals surface area contributed by atoms with Gasteiger partial charge in [0.05, 0.1) is 5.69 Å². The molecule has 1 heterocycles. The minimum absolute atomic E-state index is 0.0424. The minimum Gasteiger partial charge on any atom is -0.397 e. The zero-order chi connectivity index (χ0) is 14.1. The molecule has 2 atom stereocenters. The Morgan fingerprint density at radius 1 is 1.45 bits per heavy atom. The van der Waals surface area contributed by atoms with Crippen LogP contribution in [0.15, 0.2) is 12.3 Å². The lowest BCUT2D eigenvalue weighted by molar-refractivity contribution is 0.0928. The predicted molar refractivity (Wildman–Crippen MR) is 84.1 cm³/mol. The fraction of sp³-hybridized carbons (Fsp3) is 0.667. The molecule has 5 heteroatoms. The van der Waals surface area contributed by atoms with Gasteiger partial charge in [-0.1, -0.05) is 6.92 Å². The highest BCUT2D eigenvalue weighted by molar-refractivity contribution is 7.99. The van der Waals surface area contributed by atoms with E-state index in [2.05, 4.69) is 16.8 Å². The second-order valence-electron chi connectivity index (χ2n) is 5.86. The Morgan fingerprint density at radius 2 is 2.25 bits per heavy atom. The molecule has 0 radical (unpaired) electrons. The van der Waals surface area contributed by atoms with Gasteiger partial charge in [0, 0.05) is 23.5 Å². The maximum atomic E-state index is 12.4. The highest BCUT2D eigenvalue weighted by Crippen LogP contribution is 2.37. The van der Waals surface area contributed by atoms with Crippen molar-refractivity contribution in [1.82, 2.24) is 9.88 Å².